The second kappa shape index (κ2) is 9.59. The number of anilines is 5. The molecular formula is C20H23Cl2N9. The number of nitrogens with one attached hydrogen (secondary N) is 2. The van der Waals surface area contributed by atoms with Crippen molar-refractivity contribution >= 4 is 52.6 Å². The van der Waals surface area contributed by atoms with Crippen LogP contribution in [0.1, 0.15) is 12.7 Å². The monoisotopic (exact) mass is 459 g/mol. The molecule has 1 aliphatic heterocycles. The molecule has 0 atom stereocenters. The number of nitrogens with zero attached hydrogens (tertiary/aromatic N) is 7. The Morgan fingerprint density at radius 2 is 1.58 bits per heavy atom. The molecule has 4 rings (SSSR count). The van der Waals surface area contributed by atoms with Gasteiger partial charge in [-0.1, -0.05) is 30.1 Å². The van der Waals surface area contributed by atoms with Gasteiger partial charge in [-0.25, -0.2) is 4.98 Å². The minimum absolute atomic E-state index is 0.290. The van der Waals surface area contributed by atoms with Gasteiger partial charge in [0.15, 0.2) is 0 Å². The van der Waals surface area contributed by atoms with E-state index in [1.807, 2.05) is 19.1 Å². The fourth-order valence-corrected chi connectivity index (χ4v) is 3.40. The number of hydrogen-bond donors (Lipinski definition) is 2. The zero-order chi connectivity index (χ0) is 21.8. The molecule has 1 aromatic carbocycles. The van der Waals surface area contributed by atoms with E-state index in [9.17, 15) is 0 Å². The number of hydrogen-bond acceptors (Lipinski definition) is 9. The van der Waals surface area contributed by atoms with E-state index < -0.39 is 0 Å². The van der Waals surface area contributed by atoms with Crippen LogP contribution in [-0.4, -0.2) is 63.0 Å². The molecule has 0 amide bonds. The third kappa shape index (κ3) is 5.69. The predicted molar refractivity (Wildman–Crippen MR) is 124 cm³/mol. The molecular weight excluding hydrogens is 437 g/mol. The summed E-state index contributed by atoms with van der Waals surface area (Å²) in [6.07, 6.45) is 0.692. The number of rotatable bonds is 6. The van der Waals surface area contributed by atoms with Gasteiger partial charge in [0.2, 0.25) is 17.8 Å². The van der Waals surface area contributed by atoms with Crippen LogP contribution in [0.3, 0.4) is 0 Å². The van der Waals surface area contributed by atoms with Crippen molar-refractivity contribution in [3.8, 4) is 0 Å². The zero-order valence-electron chi connectivity index (χ0n) is 17.3. The lowest BCUT2D eigenvalue weighted by molar-refractivity contribution is 0.311. The summed E-state index contributed by atoms with van der Waals surface area (Å²) in [5, 5.41) is 7.21. The van der Waals surface area contributed by atoms with Gasteiger partial charge in [-0.2, -0.15) is 19.9 Å². The lowest BCUT2D eigenvalue weighted by Gasteiger charge is -2.32. The van der Waals surface area contributed by atoms with Crippen LogP contribution in [0.5, 0.6) is 0 Å². The molecule has 0 spiro atoms. The molecule has 11 heteroatoms. The molecule has 31 heavy (non-hydrogen) atoms. The highest BCUT2D eigenvalue weighted by molar-refractivity contribution is 6.30. The van der Waals surface area contributed by atoms with Gasteiger partial charge >= 0.3 is 0 Å². The lowest BCUT2D eigenvalue weighted by Crippen LogP contribution is -2.45. The van der Waals surface area contributed by atoms with Crippen molar-refractivity contribution in [3.63, 3.8) is 0 Å². The van der Waals surface area contributed by atoms with E-state index in [1.165, 1.54) is 0 Å². The minimum atomic E-state index is 0.290. The van der Waals surface area contributed by atoms with Crippen molar-refractivity contribution in [3.05, 3.63) is 46.3 Å². The van der Waals surface area contributed by atoms with Gasteiger partial charge in [-0.05, 0) is 31.3 Å². The maximum Gasteiger partial charge on any atom is 0.234 e. The Kier molecular flexibility index (Phi) is 6.64. The normalized spacial score (nSPS) is 14.5. The van der Waals surface area contributed by atoms with Gasteiger partial charge in [-0.15, -0.1) is 0 Å². The third-order valence-corrected chi connectivity index (χ3v) is 5.25. The molecule has 0 saturated carbocycles. The van der Waals surface area contributed by atoms with Crippen LogP contribution in [0.25, 0.3) is 0 Å². The smallest absolute Gasteiger partial charge is 0.234 e. The molecule has 9 nitrogen and oxygen atoms in total. The van der Waals surface area contributed by atoms with E-state index >= 15 is 0 Å². The summed E-state index contributed by atoms with van der Waals surface area (Å²) >= 11 is 12.2. The second-order valence-corrected chi connectivity index (χ2v) is 8.00. The molecule has 2 aromatic heterocycles. The Bertz CT molecular complexity index is 1040. The fraction of sp³-hybridized carbons (Fsp3) is 0.350. The molecule has 2 N–H and O–H groups in total. The van der Waals surface area contributed by atoms with Crippen LogP contribution < -0.4 is 15.5 Å². The van der Waals surface area contributed by atoms with E-state index in [1.54, 1.807) is 18.2 Å². The highest BCUT2D eigenvalue weighted by Crippen LogP contribution is 2.22. The summed E-state index contributed by atoms with van der Waals surface area (Å²) in [6, 6.07) is 8.94. The highest BCUT2D eigenvalue weighted by Gasteiger charge is 2.18. The Morgan fingerprint density at radius 1 is 0.871 bits per heavy atom. The Morgan fingerprint density at radius 3 is 2.29 bits per heavy atom. The summed E-state index contributed by atoms with van der Waals surface area (Å²) < 4.78 is 0. The zero-order valence-corrected chi connectivity index (χ0v) is 18.8. The van der Waals surface area contributed by atoms with Crippen molar-refractivity contribution in [2.24, 2.45) is 0 Å². The molecule has 3 aromatic rings. The van der Waals surface area contributed by atoms with Crippen LogP contribution in [0.15, 0.2) is 30.3 Å². The lowest BCUT2D eigenvalue weighted by atomic mass is 10.3. The molecule has 1 aliphatic rings. The number of likely N-dealkylation sites (N-methyl/N-ethyl adjacent to an activating group) is 1. The van der Waals surface area contributed by atoms with Crippen molar-refractivity contribution in [1.82, 2.24) is 29.8 Å². The minimum Gasteiger partial charge on any atom is -0.340 e. The maximum absolute atomic E-state index is 6.21. The molecule has 1 saturated heterocycles. The standard InChI is InChI=1S/C20H23Cl2N9/c1-3-16-25-19(29-20(27-16)31-10-8-30(2)9-11-31)28-18-24-15(22)12-17(26-18)23-14-6-4-13(21)5-7-14/h4-7,12H,3,8-11H2,1-2H3,(H2,23,24,25,26,27,28,29). The average molecular weight is 460 g/mol. The van der Waals surface area contributed by atoms with Gasteiger partial charge in [0.05, 0.1) is 0 Å². The second-order valence-electron chi connectivity index (χ2n) is 7.18. The third-order valence-electron chi connectivity index (χ3n) is 4.81. The van der Waals surface area contributed by atoms with Gasteiger partial charge in [0.1, 0.15) is 16.8 Å². The SMILES string of the molecule is CCc1nc(Nc2nc(Cl)cc(Nc3ccc(Cl)cc3)n2)nc(N2CCN(C)CC2)n1. The van der Waals surface area contributed by atoms with Crippen molar-refractivity contribution in [2.45, 2.75) is 13.3 Å². The van der Waals surface area contributed by atoms with Crippen molar-refractivity contribution in [2.75, 3.05) is 48.8 Å². The summed E-state index contributed by atoms with van der Waals surface area (Å²) in [5.74, 6) is 2.58. The molecule has 0 radical (unpaired) electrons. The molecule has 0 unspecified atom stereocenters. The van der Waals surface area contributed by atoms with Crippen LogP contribution in [0.2, 0.25) is 10.2 Å². The van der Waals surface area contributed by atoms with E-state index in [0.29, 0.717) is 40.9 Å². The van der Waals surface area contributed by atoms with Crippen molar-refractivity contribution in [1.29, 1.82) is 0 Å². The Balaban J connectivity index is 1.56. The molecule has 162 valence electrons. The first-order valence-corrected chi connectivity index (χ1v) is 10.8. The average Bonchev–Trinajstić information content (AvgIpc) is 2.75. The summed E-state index contributed by atoms with van der Waals surface area (Å²) in [6.45, 7) is 5.68. The Labute approximate surface area is 190 Å². The summed E-state index contributed by atoms with van der Waals surface area (Å²) in [7, 11) is 2.11. The van der Waals surface area contributed by atoms with Gasteiger partial charge < -0.3 is 15.1 Å². The number of benzene rings is 1. The number of piperazine rings is 1. The highest BCUT2D eigenvalue weighted by atomic mass is 35.5. The number of aromatic nitrogens is 5. The molecule has 0 bridgehead atoms. The first-order chi connectivity index (χ1) is 15.0. The molecule has 0 aliphatic carbocycles. The fourth-order valence-electron chi connectivity index (χ4n) is 3.09. The van der Waals surface area contributed by atoms with Crippen molar-refractivity contribution < 1.29 is 0 Å². The summed E-state index contributed by atoms with van der Waals surface area (Å²) in [4.78, 5) is 26.9. The van der Waals surface area contributed by atoms with Gasteiger partial charge in [-0.3, -0.25) is 5.32 Å². The first kappa shape index (κ1) is 21.5. The van der Waals surface area contributed by atoms with E-state index in [2.05, 4.69) is 52.4 Å². The quantitative estimate of drug-likeness (QED) is 0.533. The van der Waals surface area contributed by atoms with E-state index in [0.717, 1.165) is 31.9 Å². The molecule has 3 heterocycles. The van der Waals surface area contributed by atoms with Gasteiger partial charge in [0, 0.05) is 49.4 Å². The maximum atomic E-state index is 6.21. The van der Waals surface area contributed by atoms with Crippen LogP contribution in [0, 0.1) is 0 Å². The predicted octanol–water partition coefficient (Wildman–Crippen LogP) is 3.77. The molecule has 1 fully saturated rings. The first-order valence-electron chi connectivity index (χ1n) is 10.0. The largest absolute Gasteiger partial charge is 0.340 e. The number of aryl methyl sites for hydroxylation is 1. The van der Waals surface area contributed by atoms with Gasteiger partial charge in [0.25, 0.3) is 0 Å². The van der Waals surface area contributed by atoms with Crippen LogP contribution in [0.4, 0.5) is 29.4 Å². The topological polar surface area (TPSA) is 95.0 Å². The summed E-state index contributed by atoms with van der Waals surface area (Å²) in [5.41, 5.74) is 0.830. The number of halogens is 2. The Hall–Kier alpha value is -2.75. The van der Waals surface area contributed by atoms with Crippen LogP contribution in [-0.2, 0) is 6.42 Å². The van der Waals surface area contributed by atoms with Crippen LogP contribution >= 0.6 is 23.2 Å². The van der Waals surface area contributed by atoms with E-state index in [4.69, 9.17) is 23.2 Å². The van der Waals surface area contributed by atoms with E-state index in [-0.39, 0.29) is 5.15 Å².